The van der Waals surface area contributed by atoms with Crippen LogP contribution in [0.4, 0.5) is 4.39 Å². The zero-order valence-corrected chi connectivity index (χ0v) is 13.7. The van der Waals surface area contributed by atoms with Gasteiger partial charge in [0.05, 0.1) is 0 Å². The molecule has 21 heavy (non-hydrogen) atoms. The van der Waals surface area contributed by atoms with E-state index in [2.05, 4.69) is 26.1 Å². The van der Waals surface area contributed by atoms with Crippen molar-refractivity contribution >= 4 is 0 Å². The summed E-state index contributed by atoms with van der Waals surface area (Å²) in [4.78, 5) is 0. The third kappa shape index (κ3) is 4.19. The fourth-order valence-electron chi connectivity index (χ4n) is 3.26. The van der Waals surface area contributed by atoms with E-state index in [1.165, 1.54) is 18.6 Å². The second kappa shape index (κ2) is 7.26. The molecule has 0 heterocycles. The highest BCUT2D eigenvalue weighted by Gasteiger charge is 2.33. The molecule has 1 N–H and O–H groups in total. The number of hydrogen-bond donors (Lipinski definition) is 1. The van der Waals surface area contributed by atoms with E-state index < -0.39 is 0 Å². The van der Waals surface area contributed by atoms with Gasteiger partial charge >= 0.3 is 0 Å². The maximum absolute atomic E-state index is 13.5. The van der Waals surface area contributed by atoms with E-state index in [4.69, 9.17) is 4.74 Å². The molecular weight excluding hydrogens is 265 g/mol. The molecule has 0 amide bonds. The summed E-state index contributed by atoms with van der Waals surface area (Å²) in [5, 5.41) is 3.53. The van der Waals surface area contributed by atoms with Crippen molar-refractivity contribution in [2.24, 2.45) is 11.8 Å². The number of aryl methyl sites for hydroxylation is 1. The van der Waals surface area contributed by atoms with Crippen LogP contribution >= 0.6 is 0 Å². The van der Waals surface area contributed by atoms with Crippen molar-refractivity contribution in [1.29, 1.82) is 0 Å². The number of nitrogens with one attached hydrogen (secondary N) is 1. The molecule has 118 valence electrons. The van der Waals surface area contributed by atoms with Gasteiger partial charge in [-0.05, 0) is 56.2 Å². The topological polar surface area (TPSA) is 21.3 Å². The fraction of sp³-hybridized carbons (Fsp3) is 0.667. The van der Waals surface area contributed by atoms with Crippen LogP contribution < -0.4 is 10.1 Å². The summed E-state index contributed by atoms with van der Waals surface area (Å²) in [7, 11) is 0. The van der Waals surface area contributed by atoms with Crippen LogP contribution in [0, 0.1) is 24.6 Å². The fourth-order valence-corrected chi connectivity index (χ4v) is 3.26. The Balaban J connectivity index is 2.13. The van der Waals surface area contributed by atoms with E-state index in [0.717, 1.165) is 24.9 Å². The van der Waals surface area contributed by atoms with Crippen LogP contribution in [0.5, 0.6) is 5.75 Å². The molecule has 1 aromatic carbocycles. The Morgan fingerprint density at radius 2 is 2.10 bits per heavy atom. The predicted octanol–water partition coefficient (Wildman–Crippen LogP) is 4.32. The summed E-state index contributed by atoms with van der Waals surface area (Å²) >= 11 is 0. The van der Waals surface area contributed by atoms with E-state index in [0.29, 0.717) is 23.6 Å². The quantitative estimate of drug-likeness (QED) is 0.873. The summed E-state index contributed by atoms with van der Waals surface area (Å²) in [5.74, 6) is 1.82. The molecule has 1 aromatic rings. The molecule has 0 spiro atoms. The maximum atomic E-state index is 13.5. The number of halogens is 1. The molecule has 0 aromatic heterocycles. The van der Waals surface area contributed by atoms with Crippen molar-refractivity contribution in [3.05, 3.63) is 29.6 Å². The zero-order valence-electron chi connectivity index (χ0n) is 13.7. The van der Waals surface area contributed by atoms with Crippen LogP contribution in [0.25, 0.3) is 0 Å². The molecule has 1 saturated carbocycles. The molecule has 1 fully saturated rings. The Labute approximate surface area is 128 Å². The first-order valence-corrected chi connectivity index (χ1v) is 8.17. The van der Waals surface area contributed by atoms with Gasteiger partial charge in [0.25, 0.3) is 0 Å². The zero-order chi connectivity index (χ0) is 15.4. The number of benzene rings is 1. The van der Waals surface area contributed by atoms with E-state index in [1.54, 1.807) is 6.07 Å². The lowest BCUT2D eigenvalue weighted by atomic mass is 9.78. The summed E-state index contributed by atoms with van der Waals surface area (Å²) < 4.78 is 19.7. The van der Waals surface area contributed by atoms with E-state index in [1.807, 2.05) is 6.92 Å². The van der Waals surface area contributed by atoms with Crippen molar-refractivity contribution in [2.45, 2.75) is 59.1 Å². The Morgan fingerprint density at radius 1 is 1.33 bits per heavy atom. The minimum absolute atomic E-state index is 0.131. The first kappa shape index (κ1) is 16.3. The van der Waals surface area contributed by atoms with E-state index in [9.17, 15) is 4.39 Å². The highest BCUT2D eigenvalue weighted by Crippen LogP contribution is 2.33. The van der Waals surface area contributed by atoms with Crippen molar-refractivity contribution in [3.63, 3.8) is 0 Å². The molecule has 0 radical (unpaired) electrons. The van der Waals surface area contributed by atoms with Crippen LogP contribution in [-0.4, -0.2) is 18.7 Å². The highest BCUT2D eigenvalue weighted by molar-refractivity contribution is 5.33. The van der Waals surface area contributed by atoms with Crippen molar-refractivity contribution in [2.75, 3.05) is 6.54 Å². The van der Waals surface area contributed by atoms with Crippen LogP contribution in [0.2, 0.25) is 0 Å². The minimum Gasteiger partial charge on any atom is -0.488 e. The highest BCUT2D eigenvalue weighted by atomic mass is 19.1. The number of ether oxygens (including phenoxy) is 1. The smallest absolute Gasteiger partial charge is 0.126 e. The second-order valence-corrected chi connectivity index (χ2v) is 6.55. The summed E-state index contributed by atoms with van der Waals surface area (Å²) in [6.45, 7) is 9.60. The van der Waals surface area contributed by atoms with E-state index in [-0.39, 0.29) is 11.9 Å². The molecule has 1 aliphatic rings. The first-order chi connectivity index (χ1) is 10.0. The Kier molecular flexibility index (Phi) is 5.63. The molecule has 3 heteroatoms. The molecular formula is C18H28FNO. The number of hydrogen-bond acceptors (Lipinski definition) is 2. The van der Waals surface area contributed by atoms with Gasteiger partial charge < -0.3 is 10.1 Å². The number of rotatable bonds is 5. The predicted molar refractivity (Wildman–Crippen MR) is 85.2 cm³/mol. The third-order valence-electron chi connectivity index (χ3n) is 4.67. The van der Waals surface area contributed by atoms with Gasteiger partial charge in [0.2, 0.25) is 0 Å². The summed E-state index contributed by atoms with van der Waals surface area (Å²) in [5.41, 5.74) is 0.998. The lowest BCUT2D eigenvalue weighted by molar-refractivity contribution is 0.0718. The lowest BCUT2D eigenvalue weighted by Crippen LogP contribution is -2.47. The van der Waals surface area contributed by atoms with Crippen molar-refractivity contribution in [3.8, 4) is 5.75 Å². The van der Waals surface area contributed by atoms with Crippen molar-refractivity contribution in [1.82, 2.24) is 5.32 Å². The van der Waals surface area contributed by atoms with Crippen LogP contribution in [0.1, 0.15) is 45.6 Å². The minimum atomic E-state index is -0.230. The standard InChI is InChI=1S/C18H28FNO/c1-5-20-16-9-7-14(12(2)3)10-18(16)21-17-11-15(19)8-6-13(17)4/h6,8,11-12,14,16,18,20H,5,7,9-10H2,1-4H3. The van der Waals surface area contributed by atoms with Crippen molar-refractivity contribution < 1.29 is 9.13 Å². The van der Waals surface area contributed by atoms with Gasteiger partial charge in [0.1, 0.15) is 17.7 Å². The van der Waals surface area contributed by atoms with Gasteiger partial charge in [0, 0.05) is 12.1 Å². The molecule has 2 rings (SSSR count). The SMILES string of the molecule is CCNC1CCC(C(C)C)CC1Oc1cc(F)ccc1C. The molecule has 2 nitrogen and oxygen atoms in total. The van der Waals surface area contributed by atoms with Crippen LogP contribution in [0.3, 0.4) is 0 Å². The van der Waals surface area contributed by atoms with Gasteiger partial charge in [-0.15, -0.1) is 0 Å². The molecule has 3 atom stereocenters. The molecule has 0 aliphatic heterocycles. The first-order valence-electron chi connectivity index (χ1n) is 8.17. The Hall–Kier alpha value is -1.09. The molecule has 3 unspecified atom stereocenters. The summed E-state index contributed by atoms with van der Waals surface area (Å²) in [6, 6.07) is 5.15. The lowest BCUT2D eigenvalue weighted by Gasteiger charge is -2.38. The number of likely N-dealkylation sites (N-methyl/N-ethyl adjacent to an activating group) is 1. The largest absolute Gasteiger partial charge is 0.488 e. The van der Waals surface area contributed by atoms with E-state index >= 15 is 0 Å². The molecule has 0 saturated heterocycles. The second-order valence-electron chi connectivity index (χ2n) is 6.55. The average Bonchev–Trinajstić information content (AvgIpc) is 2.44. The monoisotopic (exact) mass is 293 g/mol. The van der Waals surface area contributed by atoms with Gasteiger partial charge in [-0.1, -0.05) is 26.8 Å². The Bertz CT molecular complexity index is 461. The Morgan fingerprint density at radius 3 is 2.76 bits per heavy atom. The normalized spacial score (nSPS) is 26.1. The van der Waals surface area contributed by atoms with Gasteiger partial charge in [-0.3, -0.25) is 0 Å². The van der Waals surface area contributed by atoms with Gasteiger partial charge in [-0.2, -0.15) is 0 Å². The third-order valence-corrected chi connectivity index (χ3v) is 4.67. The average molecular weight is 293 g/mol. The maximum Gasteiger partial charge on any atom is 0.126 e. The van der Waals surface area contributed by atoms with Gasteiger partial charge in [-0.25, -0.2) is 4.39 Å². The summed E-state index contributed by atoms with van der Waals surface area (Å²) in [6.07, 6.45) is 3.56. The van der Waals surface area contributed by atoms with Crippen LogP contribution in [-0.2, 0) is 0 Å². The van der Waals surface area contributed by atoms with Gasteiger partial charge in [0.15, 0.2) is 0 Å². The molecule has 1 aliphatic carbocycles. The molecule has 0 bridgehead atoms. The van der Waals surface area contributed by atoms with Crippen LogP contribution in [0.15, 0.2) is 18.2 Å².